The molecule has 1 unspecified atom stereocenters. The first-order valence-electron chi connectivity index (χ1n) is 4.57. The smallest absolute Gasteiger partial charge is 0.0562 e. The van der Waals surface area contributed by atoms with Crippen LogP contribution in [0.4, 0.5) is 0 Å². The number of nitrogens with zero attached hydrogens (tertiary/aromatic N) is 2. The second kappa shape index (κ2) is 6.27. The molecule has 14 heavy (non-hydrogen) atoms. The van der Waals surface area contributed by atoms with E-state index < -0.39 is 0 Å². The van der Waals surface area contributed by atoms with Crippen LogP contribution in [0, 0.1) is 6.92 Å². The van der Waals surface area contributed by atoms with Crippen LogP contribution in [0.5, 0.6) is 0 Å². The van der Waals surface area contributed by atoms with Crippen LogP contribution in [0.3, 0.4) is 0 Å². The Balaban J connectivity index is 0.000000845. The predicted molar refractivity (Wildman–Crippen MR) is 62.5 cm³/mol. The van der Waals surface area contributed by atoms with Gasteiger partial charge in [-0.25, -0.2) is 0 Å². The standard InChI is InChI=1S/C9H15N3.2ClH/c1-8-5-11-12(6-8)7-9-3-2-4-10-9;;/h5-6,9-10H,2-4,7H2,1H3;2*1H. The topological polar surface area (TPSA) is 29.9 Å². The van der Waals surface area contributed by atoms with E-state index in [0.29, 0.717) is 6.04 Å². The normalized spacial score (nSPS) is 19.9. The monoisotopic (exact) mass is 237 g/mol. The van der Waals surface area contributed by atoms with Crippen molar-refractivity contribution in [3.05, 3.63) is 18.0 Å². The van der Waals surface area contributed by atoms with Gasteiger partial charge in [0.1, 0.15) is 0 Å². The highest BCUT2D eigenvalue weighted by Gasteiger charge is 2.14. The molecule has 1 N–H and O–H groups in total. The zero-order valence-electron chi connectivity index (χ0n) is 8.27. The summed E-state index contributed by atoms with van der Waals surface area (Å²) < 4.78 is 2.03. The van der Waals surface area contributed by atoms with Gasteiger partial charge in [0.15, 0.2) is 0 Å². The SMILES string of the molecule is Cc1cnn(CC2CCCN2)c1.Cl.Cl. The maximum absolute atomic E-state index is 4.26. The Kier molecular flexibility index (Phi) is 6.16. The summed E-state index contributed by atoms with van der Waals surface area (Å²) in [6.07, 6.45) is 6.61. The lowest BCUT2D eigenvalue weighted by molar-refractivity contribution is 0.476. The summed E-state index contributed by atoms with van der Waals surface area (Å²) in [4.78, 5) is 0. The third kappa shape index (κ3) is 3.48. The highest BCUT2D eigenvalue weighted by molar-refractivity contribution is 5.85. The van der Waals surface area contributed by atoms with Gasteiger partial charge in [0, 0.05) is 12.2 Å². The molecule has 0 amide bonds. The number of halogens is 2. The van der Waals surface area contributed by atoms with E-state index in [0.717, 1.165) is 6.54 Å². The molecule has 1 fully saturated rings. The average molecular weight is 238 g/mol. The van der Waals surface area contributed by atoms with Crippen molar-refractivity contribution in [2.45, 2.75) is 32.4 Å². The van der Waals surface area contributed by atoms with Gasteiger partial charge in [0.25, 0.3) is 0 Å². The Labute approximate surface area is 97.1 Å². The lowest BCUT2D eigenvalue weighted by atomic mass is 10.2. The fourth-order valence-corrected chi connectivity index (χ4v) is 1.71. The maximum Gasteiger partial charge on any atom is 0.0562 e. The molecule has 0 radical (unpaired) electrons. The highest BCUT2D eigenvalue weighted by atomic mass is 35.5. The van der Waals surface area contributed by atoms with Crippen LogP contribution in [0.25, 0.3) is 0 Å². The van der Waals surface area contributed by atoms with Gasteiger partial charge >= 0.3 is 0 Å². The first-order chi connectivity index (χ1) is 5.84. The van der Waals surface area contributed by atoms with Gasteiger partial charge in [0.05, 0.1) is 12.7 Å². The zero-order chi connectivity index (χ0) is 8.39. The van der Waals surface area contributed by atoms with Crippen molar-refractivity contribution in [1.82, 2.24) is 15.1 Å². The van der Waals surface area contributed by atoms with Gasteiger partial charge in [0.2, 0.25) is 0 Å². The molecular formula is C9H17Cl2N3. The Morgan fingerprint density at radius 2 is 2.36 bits per heavy atom. The van der Waals surface area contributed by atoms with Crippen LogP contribution >= 0.6 is 24.8 Å². The molecule has 1 aliphatic rings. The molecule has 5 heteroatoms. The van der Waals surface area contributed by atoms with Crippen molar-refractivity contribution in [2.75, 3.05) is 6.54 Å². The van der Waals surface area contributed by atoms with Crippen LogP contribution in [0.2, 0.25) is 0 Å². The van der Waals surface area contributed by atoms with Gasteiger partial charge in [-0.2, -0.15) is 5.10 Å². The zero-order valence-corrected chi connectivity index (χ0v) is 9.90. The van der Waals surface area contributed by atoms with E-state index in [-0.39, 0.29) is 24.8 Å². The fraction of sp³-hybridized carbons (Fsp3) is 0.667. The number of aryl methyl sites for hydroxylation is 1. The highest BCUT2D eigenvalue weighted by Crippen LogP contribution is 2.07. The Bertz CT molecular complexity index is 256. The molecule has 1 aromatic heterocycles. The number of hydrogen-bond acceptors (Lipinski definition) is 2. The van der Waals surface area contributed by atoms with Crippen LogP contribution in [0.1, 0.15) is 18.4 Å². The molecule has 2 heterocycles. The summed E-state index contributed by atoms with van der Waals surface area (Å²) in [6, 6.07) is 0.643. The summed E-state index contributed by atoms with van der Waals surface area (Å²) in [7, 11) is 0. The van der Waals surface area contributed by atoms with Gasteiger partial charge in [-0.15, -0.1) is 24.8 Å². The predicted octanol–water partition coefficient (Wildman–Crippen LogP) is 1.79. The maximum atomic E-state index is 4.26. The molecule has 82 valence electrons. The summed E-state index contributed by atoms with van der Waals surface area (Å²) in [6.45, 7) is 4.27. The molecule has 1 saturated heterocycles. The van der Waals surface area contributed by atoms with E-state index in [1.807, 2.05) is 10.9 Å². The van der Waals surface area contributed by atoms with Crippen molar-refractivity contribution < 1.29 is 0 Å². The first kappa shape index (κ1) is 13.8. The minimum absolute atomic E-state index is 0. The largest absolute Gasteiger partial charge is 0.312 e. The van der Waals surface area contributed by atoms with Gasteiger partial charge in [-0.3, -0.25) is 4.68 Å². The van der Waals surface area contributed by atoms with Crippen LogP contribution in [-0.2, 0) is 6.54 Å². The molecule has 0 aliphatic carbocycles. The second-order valence-electron chi connectivity index (χ2n) is 3.53. The summed E-state index contributed by atoms with van der Waals surface area (Å²) in [5.41, 5.74) is 1.24. The lowest BCUT2D eigenvalue weighted by Crippen LogP contribution is -2.26. The molecule has 2 rings (SSSR count). The van der Waals surface area contributed by atoms with Gasteiger partial charge in [-0.1, -0.05) is 0 Å². The molecule has 3 nitrogen and oxygen atoms in total. The van der Waals surface area contributed by atoms with E-state index in [2.05, 4.69) is 23.5 Å². The quantitative estimate of drug-likeness (QED) is 0.851. The number of hydrogen-bond donors (Lipinski definition) is 1. The minimum Gasteiger partial charge on any atom is -0.312 e. The van der Waals surface area contributed by atoms with Crippen molar-refractivity contribution in [2.24, 2.45) is 0 Å². The van der Waals surface area contributed by atoms with Crippen LogP contribution < -0.4 is 5.32 Å². The number of aromatic nitrogens is 2. The first-order valence-corrected chi connectivity index (χ1v) is 4.57. The van der Waals surface area contributed by atoms with E-state index in [1.54, 1.807) is 0 Å². The van der Waals surface area contributed by atoms with Crippen molar-refractivity contribution >= 4 is 24.8 Å². The fourth-order valence-electron chi connectivity index (χ4n) is 1.71. The third-order valence-electron chi connectivity index (χ3n) is 2.33. The summed E-state index contributed by atoms with van der Waals surface area (Å²) in [5.74, 6) is 0. The third-order valence-corrected chi connectivity index (χ3v) is 2.33. The summed E-state index contributed by atoms with van der Waals surface area (Å²) in [5, 5.41) is 7.71. The molecular weight excluding hydrogens is 221 g/mol. The van der Waals surface area contributed by atoms with E-state index in [4.69, 9.17) is 0 Å². The molecule has 1 aromatic rings. The van der Waals surface area contributed by atoms with E-state index >= 15 is 0 Å². The summed E-state index contributed by atoms with van der Waals surface area (Å²) >= 11 is 0. The molecule has 0 spiro atoms. The Morgan fingerprint density at radius 3 is 2.86 bits per heavy atom. The molecule has 1 atom stereocenters. The van der Waals surface area contributed by atoms with Gasteiger partial charge < -0.3 is 5.32 Å². The number of nitrogens with one attached hydrogen (secondary N) is 1. The van der Waals surface area contributed by atoms with Crippen molar-refractivity contribution in [3.8, 4) is 0 Å². The van der Waals surface area contributed by atoms with Crippen molar-refractivity contribution in [1.29, 1.82) is 0 Å². The Hall–Kier alpha value is -0.250. The second-order valence-corrected chi connectivity index (χ2v) is 3.53. The van der Waals surface area contributed by atoms with E-state index in [1.165, 1.54) is 24.9 Å². The molecule has 1 aliphatic heterocycles. The minimum atomic E-state index is 0. The average Bonchev–Trinajstić information content (AvgIpc) is 2.63. The van der Waals surface area contributed by atoms with Crippen LogP contribution in [0.15, 0.2) is 12.4 Å². The van der Waals surface area contributed by atoms with E-state index in [9.17, 15) is 0 Å². The molecule has 0 aromatic carbocycles. The number of rotatable bonds is 2. The van der Waals surface area contributed by atoms with Gasteiger partial charge in [-0.05, 0) is 31.9 Å². The van der Waals surface area contributed by atoms with Crippen LogP contribution in [-0.4, -0.2) is 22.4 Å². The van der Waals surface area contributed by atoms with Crippen molar-refractivity contribution in [3.63, 3.8) is 0 Å². The Morgan fingerprint density at radius 1 is 1.57 bits per heavy atom. The molecule has 0 bridgehead atoms. The lowest BCUT2D eigenvalue weighted by Gasteiger charge is -2.09. The molecule has 0 saturated carbocycles.